The van der Waals surface area contributed by atoms with Crippen molar-refractivity contribution in [2.75, 3.05) is 0 Å². The Morgan fingerprint density at radius 2 is 1.14 bits per heavy atom. The van der Waals surface area contributed by atoms with Gasteiger partial charge in [0, 0.05) is 28.6 Å². The minimum atomic E-state index is 0.228. The maximum atomic E-state index is 9.82. The van der Waals surface area contributed by atoms with Gasteiger partial charge in [-0.05, 0) is 36.4 Å². The summed E-state index contributed by atoms with van der Waals surface area (Å²) in [4.78, 5) is 0. The molecule has 1 aromatic heterocycles. The second-order valence-electron chi connectivity index (χ2n) is 5.07. The van der Waals surface area contributed by atoms with E-state index in [4.69, 9.17) is 0 Å². The van der Waals surface area contributed by atoms with Crippen LogP contribution in [0.2, 0.25) is 0 Å². The molecule has 2 N–H and O–H groups in total. The quantitative estimate of drug-likeness (QED) is 0.547. The number of phenols is 2. The van der Waals surface area contributed by atoms with Crippen LogP contribution in [-0.4, -0.2) is 14.8 Å². The molecule has 0 saturated carbocycles. The van der Waals surface area contributed by atoms with Crippen LogP contribution in [0, 0.1) is 0 Å². The summed E-state index contributed by atoms with van der Waals surface area (Å²) in [6.45, 7) is 0. The lowest BCUT2D eigenvalue weighted by molar-refractivity contribution is 0.475. The third-order valence-corrected chi connectivity index (χ3v) is 3.75. The summed E-state index contributed by atoms with van der Waals surface area (Å²) in [6, 6.07) is 20.6. The highest BCUT2D eigenvalue weighted by Crippen LogP contribution is 2.35. The number of benzene rings is 3. The normalized spacial score (nSPS) is 11.2. The zero-order valence-electron chi connectivity index (χ0n) is 11.2. The lowest BCUT2D eigenvalue weighted by Crippen LogP contribution is -1.92. The molecule has 0 radical (unpaired) electrons. The van der Waals surface area contributed by atoms with Gasteiger partial charge < -0.3 is 14.8 Å². The van der Waals surface area contributed by atoms with Crippen LogP contribution in [0.15, 0.2) is 66.7 Å². The van der Waals surface area contributed by atoms with Crippen molar-refractivity contribution in [1.29, 1.82) is 0 Å². The molecule has 0 atom stereocenters. The van der Waals surface area contributed by atoms with Crippen LogP contribution in [-0.2, 0) is 0 Å². The molecule has 0 aliphatic heterocycles. The number of para-hydroxylation sites is 1. The van der Waals surface area contributed by atoms with Crippen LogP contribution in [0.25, 0.3) is 27.5 Å². The summed E-state index contributed by atoms with van der Waals surface area (Å²) in [5.74, 6) is 0.457. The van der Waals surface area contributed by atoms with Crippen molar-refractivity contribution in [3.63, 3.8) is 0 Å². The predicted molar refractivity (Wildman–Crippen MR) is 84.1 cm³/mol. The van der Waals surface area contributed by atoms with E-state index in [9.17, 15) is 10.2 Å². The number of aromatic nitrogens is 1. The van der Waals surface area contributed by atoms with E-state index in [0.29, 0.717) is 0 Å². The fourth-order valence-corrected chi connectivity index (χ4v) is 2.85. The zero-order valence-corrected chi connectivity index (χ0v) is 11.2. The van der Waals surface area contributed by atoms with Gasteiger partial charge in [0.2, 0.25) is 0 Å². The van der Waals surface area contributed by atoms with Crippen molar-refractivity contribution in [3.8, 4) is 17.2 Å². The maximum Gasteiger partial charge on any atom is 0.117 e. The lowest BCUT2D eigenvalue weighted by atomic mass is 10.1. The second kappa shape index (κ2) is 4.28. The molecule has 3 heteroatoms. The highest BCUT2D eigenvalue weighted by Gasteiger charge is 2.13. The first-order valence-corrected chi connectivity index (χ1v) is 6.75. The minimum absolute atomic E-state index is 0.228. The Morgan fingerprint density at radius 3 is 1.67 bits per heavy atom. The predicted octanol–water partition coefficient (Wildman–Crippen LogP) is 4.19. The monoisotopic (exact) mass is 275 g/mol. The topological polar surface area (TPSA) is 45.4 Å². The smallest absolute Gasteiger partial charge is 0.117 e. The molecule has 0 amide bonds. The number of rotatable bonds is 1. The summed E-state index contributed by atoms with van der Waals surface area (Å²) in [7, 11) is 0. The van der Waals surface area contributed by atoms with Crippen LogP contribution < -0.4 is 0 Å². The van der Waals surface area contributed by atoms with Gasteiger partial charge in [-0.25, -0.2) is 0 Å². The minimum Gasteiger partial charge on any atom is -0.508 e. The van der Waals surface area contributed by atoms with Gasteiger partial charge in [-0.3, -0.25) is 0 Å². The Labute approximate surface area is 121 Å². The molecule has 102 valence electrons. The Balaban J connectivity index is 2.24. The van der Waals surface area contributed by atoms with Crippen molar-refractivity contribution in [3.05, 3.63) is 66.7 Å². The average Bonchev–Trinajstić information content (AvgIpc) is 2.80. The summed E-state index contributed by atoms with van der Waals surface area (Å²) in [6.07, 6.45) is 0. The van der Waals surface area contributed by atoms with E-state index in [2.05, 4.69) is 0 Å². The van der Waals surface area contributed by atoms with Crippen molar-refractivity contribution in [1.82, 2.24) is 4.57 Å². The molecular formula is C18H13NO2. The molecule has 4 aromatic rings. The Kier molecular flexibility index (Phi) is 2.42. The molecule has 3 nitrogen and oxygen atoms in total. The highest BCUT2D eigenvalue weighted by atomic mass is 16.3. The summed E-state index contributed by atoms with van der Waals surface area (Å²) < 4.78 is 2.05. The molecule has 0 aliphatic carbocycles. The van der Waals surface area contributed by atoms with Crippen LogP contribution >= 0.6 is 0 Å². The van der Waals surface area contributed by atoms with E-state index in [1.165, 1.54) is 0 Å². The number of hydrogen-bond acceptors (Lipinski definition) is 2. The zero-order chi connectivity index (χ0) is 14.4. The number of aromatic hydroxyl groups is 2. The highest BCUT2D eigenvalue weighted by molar-refractivity contribution is 6.09. The largest absolute Gasteiger partial charge is 0.508 e. The number of hydrogen-bond donors (Lipinski definition) is 2. The first kappa shape index (κ1) is 11.9. The van der Waals surface area contributed by atoms with Gasteiger partial charge in [0.1, 0.15) is 11.5 Å². The molecule has 1 heterocycles. The van der Waals surface area contributed by atoms with Gasteiger partial charge in [-0.1, -0.05) is 18.2 Å². The third kappa shape index (κ3) is 1.75. The molecule has 4 rings (SSSR count). The molecule has 0 aliphatic rings. The first-order chi connectivity index (χ1) is 10.2. The van der Waals surface area contributed by atoms with Gasteiger partial charge in [0.05, 0.1) is 11.0 Å². The SMILES string of the molecule is Oc1ccc2c3ccc(O)cc3n(-c3ccccc3)c2c1. The summed E-state index contributed by atoms with van der Waals surface area (Å²) in [5.41, 5.74) is 2.83. The van der Waals surface area contributed by atoms with E-state index >= 15 is 0 Å². The summed E-state index contributed by atoms with van der Waals surface area (Å²) >= 11 is 0. The molecule has 21 heavy (non-hydrogen) atoms. The van der Waals surface area contributed by atoms with E-state index < -0.39 is 0 Å². The van der Waals surface area contributed by atoms with Crippen molar-refractivity contribution in [2.45, 2.75) is 0 Å². The number of phenolic OH excluding ortho intramolecular Hbond substituents is 2. The number of fused-ring (bicyclic) bond motifs is 3. The van der Waals surface area contributed by atoms with Crippen LogP contribution in [0.5, 0.6) is 11.5 Å². The van der Waals surface area contributed by atoms with E-state index in [-0.39, 0.29) is 11.5 Å². The molecule has 0 fully saturated rings. The fourth-order valence-electron chi connectivity index (χ4n) is 2.85. The van der Waals surface area contributed by atoms with Gasteiger partial charge in [-0.15, -0.1) is 0 Å². The summed E-state index contributed by atoms with van der Waals surface area (Å²) in [5, 5.41) is 21.7. The first-order valence-electron chi connectivity index (χ1n) is 6.75. The van der Waals surface area contributed by atoms with E-state index in [0.717, 1.165) is 27.5 Å². The lowest BCUT2D eigenvalue weighted by Gasteiger charge is -2.07. The van der Waals surface area contributed by atoms with E-state index in [1.54, 1.807) is 24.3 Å². The fraction of sp³-hybridized carbons (Fsp3) is 0. The number of nitrogens with zero attached hydrogens (tertiary/aromatic N) is 1. The Bertz CT molecular complexity index is 896. The molecular weight excluding hydrogens is 262 g/mol. The van der Waals surface area contributed by atoms with E-state index in [1.807, 2.05) is 47.0 Å². The van der Waals surface area contributed by atoms with Crippen molar-refractivity contribution in [2.24, 2.45) is 0 Å². The van der Waals surface area contributed by atoms with Crippen molar-refractivity contribution >= 4 is 21.8 Å². The van der Waals surface area contributed by atoms with Crippen LogP contribution in [0.4, 0.5) is 0 Å². The standard InChI is InChI=1S/C18H13NO2/c20-13-6-8-15-16-9-7-14(21)11-18(16)19(17(15)10-13)12-4-2-1-3-5-12/h1-11,20-21H. The molecule has 3 aromatic carbocycles. The van der Waals surface area contributed by atoms with Crippen LogP contribution in [0.1, 0.15) is 0 Å². The Hall–Kier alpha value is -2.94. The molecule has 0 unspecified atom stereocenters. The van der Waals surface area contributed by atoms with Gasteiger partial charge in [0.25, 0.3) is 0 Å². The van der Waals surface area contributed by atoms with Crippen molar-refractivity contribution < 1.29 is 10.2 Å². The van der Waals surface area contributed by atoms with Gasteiger partial charge in [-0.2, -0.15) is 0 Å². The third-order valence-electron chi connectivity index (χ3n) is 3.75. The Morgan fingerprint density at radius 1 is 0.619 bits per heavy atom. The molecule has 0 spiro atoms. The molecule has 0 bridgehead atoms. The van der Waals surface area contributed by atoms with Gasteiger partial charge >= 0.3 is 0 Å². The molecule has 0 saturated heterocycles. The van der Waals surface area contributed by atoms with Gasteiger partial charge in [0.15, 0.2) is 0 Å². The van der Waals surface area contributed by atoms with Crippen LogP contribution in [0.3, 0.4) is 0 Å². The second-order valence-corrected chi connectivity index (χ2v) is 5.07. The maximum absolute atomic E-state index is 9.82. The average molecular weight is 275 g/mol.